The molecule has 2 aliphatic rings. The molecule has 214 valence electrons. The summed E-state index contributed by atoms with van der Waals surface area (Å²) in [7, 11) is 0. The minimum atomic E-state index is -0.321. The first-order chi connectivity index (χ1) is 21.2. The van der Waals surface area contributed by atoms with E-state index in [1.54, 1.807) is 28.7 Å². The van der Waals surface area contributed by atoms with Crippen molar-refractivity contribution in [3.8, 4) is 10.4 Å². The number of carbonyl (C=O) groups excluding carboxylic acids is 2. The van der Waals surface area contributed by atoms with Gasteiger partial charge in [0.15, 0.2) is 11.6 Å². The van der Waals surface area contributed by atoms with E-state index < -0.39 is 0 Å². The van der Waals surface area contributed by atoms with Crippen LogP contribution in [0.1, 0.15) is 50.6 Å². The van der Waals surface area contributed by atoms with E-state index in [0.29, 0.717) is 11.1 Å². The summed E-state index contributed by atoms with van der Waals surface area (Å²) >= 11 is 15.6. The van der Waals surface area contributed by atoms with Crippen LogP contribution in [-0.4, -0.2) is 16.6 Å². The molecule has 0 bridgehead atoms. The monoisotopic (exact) mass is 648 g/mol. The summed E-state index contributed by atoms with van der Waals surface area (Å²) in [4.78, 5) is 35.6. The number of hydrogen-bond donors (Lipinski definition) is 0. The van der Waals surface area contributed by atoms with Gasteiger partial charge in [-0.15, -0.1) is 22.7 Å². The number of pyridine rings is 1. The van der Waals surface area contributed by atoms with Crippen LogP contribution in [0.4, 0.5) is 17.2 Å². The van der Waals surface area contributed by atoms with Crippen molar-refractivity contribution in [1.29, 1.82) is 0 Å². The molecule has 6 aromatic rings. The SMILES string of the molecule is CC1(C)c2cc(N(c3ccccc3)c3ccccc3)ncc2-c2sc3cc(C=C4C(=O)c5cc(Cl)c(Cl)cc5C4=O)sc3c21. The highest BCUT2D eigenvalue weighted by Crippen LogP contribution is 2.57. The summed E-state index contributed by atoms with van der Waals surface area (Å²) in [5, 5.41) is 0.519. The Bertz CT molecular complexity index is 2130. The largest absolute Gasteiger partial charge is 0.295 e. The number of fused-ring (bicyclic) bond motifs is 6. The van der Waals surface area contributed by atoms with Gasteiger partial charge in [-0.25, -0.2) is 4.98 Å². The maximum absolute atomic E-state index is 13.2. The Labute approximate surface area is 271 Å². The van der Waals surface area contributed by atoms with E-state index in [9.17, 15) is 9.59 Å². The number of halogens is 2. The second-order valence-corrected chi connectivity index (χ2v) is 14.3. The van der Waals surface area contributed by atoms with Crippen LogP contribution < -0.4 is 4.90 Å². The molecule has 0 aliphatic heterocycles. The number of ketones is 2. The van der Waals surface area contributed by atoms with Crippen LogP contribution in [0, 0.1) is 0 Å². The summed E-state index contributed by atoms with van der Waals surface area (Å²) < 4.78 is 2.30. The van der Waals surface area contributed by atoms with Gasteiger partial charge in [-0.05, 0) is 65.7 Å². The van der Waals surface area contributed by atoms with Gasteiger partial charge < -0.3 is 0 Å². The average Bonchev–Trinajstić information content (AvgIpc) is 3.70. The van der Waals surface area contributed by atoms with Crippen molar-refractivity contribution in [1.82, 2.24) is 4.98 Å². The quantitative estimate of drug-likeness (QED) is 0.141. The van der Waals surface area contributed by atoms with Gasteiger partial charge in [-0.1, -0.05) is 73.4 Å². The molecule has 0 unspecified atom stereocenters. The van der Waals surface area contributed by atoms with Gasteiger partial charge in [-0.3, -0.25) is 14.5 Å². The zero-order valence-corrected chi connectivity index (χ0v) is 26.7. The van der Waals surface area contributed by atoms with Crippen LogP contribution >= 0.6 is 45.9 Å². The molecule has 4 nitrogen and oxygen atoms in total. The molecule has 8 rings (SSSR count). The lowest BCUT2D eigenvalue weighted by molar-refractivity contribution is 0.0990. The van der Waals surface area contributed by atoms with Crippen LogP contribution in [-0.2, 0) is 5.41 Å². The van der Waals surface area contributed by atoms with E-state index in [4.69, 9.17) is 28.2 Å². The van der Waals surface area contributed by atoms with Crippen LogP contribution in [0.2, 0.25) is 10.0 Å². The van der Waals surface area contributed by atoms with Crippen molar-refractivity contribution in [3.05, 3.63) is 134 Å². The van der Waals surface area contributed by atoms with Crippen molar-refractivity contribution < 1.29 is 9.59 Å². The van der Waals surface area contributed by atoms with Crippen molar-refractivity contribution in [2.75, 3.05) is 4.90 Å². The predicted octanol–water partition coefficient (Wildman–Crippen LogP) is 10.9. The van der Waals surface area contributed by atoms with Crippen LogP contribution in [0.15, 0.2) is 96.7 Å². The fraction of sp³-hybridized carbons (Fsp3) is 0.0833. The summed E-state index contributed by atoms with van der Waals surface area (Å²) in [6, 6.07) is 27.8. The van der Waals surface area contributed by atoms with Crippen molar-refractivity contribution in [2.45, 2.75) is 19.3 Å². The normalized spacial score (nSPS) is 14.6. The highest BCUT2D eigenvalue weighted by molar-refractivity contribution is 7.30. The Morgan fingerprint density at radius 2 is 1.36 bits per heavy atom. The summed E-state index contributed by atoms with van der Waals surface area (Å²) in [5.74, 6) is 0.215. The molecule has 0 fully saturated rings. The topological polar surface area (TPSA) is 50.3 Å². The van der Waals surface area contributed by atoms with Gasteiger partial charge >= 0.3 is 0 Å². The molecule has 0 amide bonds. The van der Waals surface area contributed by atoms with Crippen molar-refractivity contribution in [3.63, 3.8) is 0 Å². The first-order valence-electron chi connectivity index (χ1n) is 14.0. The Hall–Kier alpha value is -4.07. The van der Waals surface area contributed by atoms with E-state index in [0.717, 1.165) is 32.3 Å². The molecule has 3 aromatic heterocycles. The zero-order chi connectivity index (χ0) is 30.3. The number of nitrogens with zero attached hydrogens (tertiary/aromatic N) is 2. The van der Waals surface area contributed by atoms with Crippen LogP contribution in [0.25, 0.3) is 25.9 Å². The smallest absolute Gasteiger partial charge is 0.197 e. The summed E-state index contributed by atoms with van der Waals surface area (Å²) in [6.07, 6.45) is 3.71. The van der Waals surface area contributed by atoms with E-state index in [-0.39, 0.29) is 32.6 Å². The van der Waals surface area contributed by atoms with Crippen LogP contribution in [0.3, 0.4) is 0 Å². The molecule has 44 heavy (non-hydrogen) atoms. The van der Waals surface area contributed by atoms with Gasteiger partial charge in [0.2, 0.25) is 0 Å². The lowest BCUT2D eigenvalue weighted by Crippen LogP contribution is -2.17. The Kier molecular flexibility index (Phi) is 6.23. The molecule has 0 spiro atoms. The molecule has 8 heteroatoms. The fourth-order valence-electron chi connectivity index (χ4n) is 6.29. The third-order valence-electron chi connectivity index (χ3n) is 8.40. The number of anilines is 3. The minimum absolute atomic E-state index is 0.141. The molecule has 3 aromatic carbocycles. The molecule has 0 N–H and O–H groups in total. The molecular formula is C36H22Cl2N2O2S2. The van der Waals surface area contributed by atoms with Gasteiger partial charge in [0, 0.05) is 54.1 Å². The Balaban J connectivity index is 1.20. The van der Waals surface area contributed by atoms with E-state index in [2.05, 4.69) is 55.1 Å². The number of para-hydroxylation sites is 2. The maximum atomic E-state index is 13.2. The van der Waals surface area contributed by atoms with E-state index >= 15 is 0 Å². The van der Waals surface area contributed by atoms with Gasteiger partial charge in [0.1, 0.15) is 5.82 Å². The third-order valence-corrected chi connectivity index (χ3v) is 11.5. The Morgan fingerprint density at radius 1 is 0.773 bits per heavy atom. The molecule has 3 heterocycles. The molecule has 0 saturated carbocycles. The maximum Gasteiger partial charge on any atom is 0.197 e. The number of aromatic nitrogens is 1. The average molecular weight is 650 g/mol. The number of allylic oxidation sites excluding steroid dienone is 1. The van der Waals surface area contributed by atoms with Gasteiger partial charge in [-0.2, -0.15) is 0 Å². The fourth-order valence-corrected chi connectivity index (χ4v) is 9.55. The number of hydrogen-bond acceptors (Lipinski definition) is 6. The lowest BCUT2D eigenvalue weighted by atomic mass is 9.83. The summed E-state index contributed by atoms with van der Waals surface area (Å²) in [6.45, 7) is 4.52. The molecule has 0 radical (unpaired) electrons. The van der Waals surface area contributed by atoms with Crippen LogP contribution in [0.5, 0.6) is 0 Å². The molecule has 0 saturated heterocycles. The number of thiophene rings is 2. The van der Waals surface area contributed by atoms with E-state index in [1.807, 2.05) is 42.6 Å². The molecular weight excluding hydrogens is 627 g/mol. The third kappa shape index (κ3) is 4.06. The number of rotatable bonds is 4. The number of carbonyl (C=O) groups is 2. The molecule has 2 aliphatic carbocycles. The number of Topliss-reactive ketones (excluding diaryl/α,β-unsaturated/α-hetero) is 2. The first-order valence-corrected chi connectivity index (χ1v) is 16.4. The summed E-state index contributed by atoms with van der Waals surface area (Å²) in [5.41, 5.74) is 6.17. The standard InChI is InChI=1S/C36H22Cl2N2O2S2/c1-36(2)26-17-30(40(19-9-5-3-6-10-19)20-11-7-4-8-12-20)39-18-25(26)34-31(36)35-29(44-34)14-21(43-35)13-24-32(41)22-15-27(37)28(38)16-23(22)33(24)42/h3-18H,1-2H3. The highest BCUT2D eigenvalue weighted by Gasteiger charge is 2.41. The van der Waals surface area contributed by atoms with Gasteiger partial charge in [0.05, 0.1) is 20.3 Å². The van der Waals surface area contributed by atoms with Crippen molar-refractivity contribution >= 4 is 90.1 Å². The van der Waals surface area contributed by atoms with E-state index in [1.165, 1.54) is 32.8 Å². The highest BCUT2D eigenvalue weighted by atomic mass is 35.5. The first kappa shape index (κ1) is 27.5. The minimum Gasteiger partial charge on any atom is -0.295 e. The van der Waals surface area contributed by atoms with Gasteiger partial charge in [0.25, 0.3) is 0 Å². The zero-order valence-electron chi connectivity index (χ0n) is 23.5. The predicted molar refractivity (Wildman–Crippen MR) is 183 cm³/mol. The Morgan fingerprint density at radius 3 is 1.95 bits per heavy atom. The molecule has 0 atom stereocenters. The second-order valence-electron chi connectivity index (χ2n) is 11.4. The van der Waals surface area contributed by atoms with Crippen molar-refractivity contribution in [2.24, 2.45) is 0 Å². The number of benzene rings is 3. The second kappa shape index (κ2) is 9.98. The lowest BCUT2D eigenvalue weighted by Gasteiger charge is -2.27.